The molecule has 1 aromatic rings. The van der Waals surface area contributed by atoms with Crippen molar-refractivity contribution in [3.63, 3.8) is 0 Å². The first kappa shape index (κ1) is 27.0. The minimum Gasteiger partial charge on any atom is -0.313 e. The van der Waals surface area contributed by atoms with E-state index < -0.39 is 0 Å². The number of hydrogen-bond acceptors (Lipinski definition) is 6. The molecule has 1 rings (SSSR count). The van der Waals surface area contributed by atoms with Gasteiger partial charge >= 0.3 is 0 Å². The van der Waals surface area contributed by atoms with Crippen molar-refractivity contribution in [3.05, 3.63) is 34.9 Å². The molecule has 0 unspecified atom stereocenters. The SMILES string of the molecule is CN(C)CCCNCc1cc(CNCCCN(C)C)cc(CNCCCN(C)C)c1. The summed E-state index contributed by atoms with van der Waals surface area (Å²) < 4.78 is 0. The maximum atomic E-state index is 3.61. The van der Waals surface area contributed by atoms with Crippen LogP contribution in [0.25, 0.3) is 0 Å². The van der Waals surface area contributed by atoms with Gasteiger partial charge in [-0.05, 0) is 118 Å². The van der Waals surface area contributed by atoms with E-state index >= 15 is 0 Å². The van der Waals surface area contributed by atoms with Crippen LogP contribution in [0, 0.1) is 0 Å². The van der Waals surface area contributed by atoms with Crippen LogP contribution in [-0.2, 0) is 19.6 Å². The van der Waals surface area contributed by atoms with Gasteiger partial charge < -0.3 is 30.7 Å². The van der Waals surface area contributed by atoms with E-state index in [0.717, 1.165) is 58.9 Å². The quantitative estimate of drug-likeness (QED) is 0.315. The van der Waals surface area contributed by atoms with E-state index in [9.17, 15) is 0 Å². The van der Waals surface area contributed by atoms with Crippen LogP contribution < -0.4 is 16.0 Å². The summed E-state index contributed by atoms with van der Waals surface area (Å²) in [5.41, 5.74) is 4.16. The van der Waals surface area contributed by atoms with Crippen molar-refractivity contribution >= 4 is 0 Å². The van der Waals surface area contributed by atoms with Gasteiger partial charge in [-0.2, -0.15) is 0 Å². The Bertz CT molecular complexity index is 456. The topological polar surface area (TPSA) is 45.8 Å². The summed E-state index contributed by atoms with van der Waals surface area (Å²) in [5, 5.41) is 10.8. The van der Waals surface area contributed by atoms with Crippen LogP contribution in [0.15, 0.2) is 18.2 Å². The van der Waals surface area contributed by atoms with E-state index in [1.807, 2.05) is 0 Å². The van der Waals surface area contributed by atoms with Gasteiger partial charge in [-0.1, -0.05) is 18.2 Å². The van der Waals surface area contributed by atoms with Gasteiger partial charge in [0.15, 0.2) is 0 Å². The maximum Gasteiger partial charge on any atom is 0.0205 e. The zero-order chi connectivity index (χ0) is 22.2. The summed E-state index contributed by atoms with van der Waals surface area (Å²) in [6.45, 7) is 9.39. The average Bonchev–Trinajstić information content (AvgIpc) is 2.66. The lowest BCUT2D eigenvalue weighted by Gasteiger charge is -2.14. The molecule has 0 amide bonds. The Morgan fingerprint density at radius 1 is 0.500 bits per heavy atom. The van der Waals surface area contributed by atoms with Gasteiger partial charge in [-0.25, -0.2) is 0 Å². The Labute approximate surface area is 186 Å². The minimum absolute atomic E-state index is 0.940. The number of hydrogen-bond donors (Lipinski definition) is 3. The molecular formula is C24H48N6. The van der Waals surface area contributed by atoms with E-state index in [1.54, 1.807) is 0 Å². The molecular weight excluding hydrogens is 372 g/mol. The number of benzene rings is 1. The lowest BCUT2D eigenvalue weighted by atomic mass is 10.0. The Morgan fingerprint density at radius 3 is 1.00 bits per heavy atom. The van der Waals surface area contributed by atoms with Crippen molar-refractivity contribution in [1.29, 1.82) is 0 Å². The van der Waals surface area contributed by atoms with Crippen molar-refractivity contribution in [1.82, 2.24) is 30.7 Å². The lowest BCUT2D eigenvalue weighted by molar-refractivity contribution is 0.394. The van der Waals surface area contributed by atoms with Crippen molar-refractivity contribution in [2.24, 2.45) is 0 Å². The fraction of sp³-hybridized carbons (Fsp3) is 0.750. The van der Waals surface area contributed by atoms with Crippen LogP contribution in [0.4, 0.5) is 0 Å². The summed E-state index contributed by atoms with van der Waals surface area (Å²) in [7, 11) is 12.8. The van der Waals surface area contributed by atoms with Crippen molar-refractivity contribution in [2.45, 2.75) is 38.9 Å². The Hall–Kier alpha value is -1.02. The van der Waals surface area contributed by atoms with Gasteiger partial charge in [0.25, 0.3) is 0 Å². The molecule has 6 nitrogen and oxygen atoms in total. The molecule has 0 aliphatic carbocycles. The van der Waals surface area contributed by atoms with Crippen LogP contribution >= 0.6 is 0 Å². The Morgan fingerprint density at radius 2 is 0.767 bits per heavy atom. The smallest absolute Gasteiger partial charge is 0.0205 e. The van der Waals surface area contributed by atoms with E-state index in [2.05, 4.69) is 91.1 Å². The van der Waals surface area contributed by atoms with Gasteiger partial charge in [0, 0.05) is 19.6 Å². The zero-order valence-corrected chi connectivity index (χ0v) is 20.6. The first-order chi connectivity index (χ1) is 14.4. The molecule has 0 atom stereocenters. The predicted octanol–water partition coefficient (Wildman–Crippen LogP) is 1.81. The highest BCUT2D eigenvalue weighted by molar-refractivity contribution is 5.30. The molecule has 0 spiro atoms. The molecule has 30 heavy (non-hydrogen) atoms. The number of nitrogens with one attached hydrogen (secondary N) is 3. The van der Waals surface area contributed by atoms with Crippen LogP contribution in [0.5, 0.6) is 0 Å². The second-order valence-corrected chi connectivity index (χ2v) is 9.16. The van der Waals surface area contributed by atoms with Gasteiger partial charge in [-0.15, -0.1) is 0 Å². The van der Waals surface area contributed by atoms with Crippen molar-refractivity contribution in [3.8, 4) is 0 Å². The lowest BCUT2D eigenvalue weighted by Crippen LogP contribution is -2.23. The molecule has 0 radical (unpaired) electrons. The highest BCUT2D eigenvalue weighted by atomic mass is 15.1. The molecule has 174 valence electrons. The third-order valence-electron chi connectivity index (χ3n) is 4.98. The van der Waals surface area contributed by atoms with Gasteiger partial charge in [-0.3, -0.25) is 0 Å². The summed E-state index contributed by atoms with van der Waals surface area (Å²) in [6, 6.07) is 7.06. The van der Waals surface area contributed by atoms with E-state index in [-0.39, 0.29) is 0 Å². The fourth-order valence-electron chi connectivity index (χ4n) is 3.40. The second kappa shape index (κ2) is 16.6. The molecule has 0 bridgehead atoms. The first-order valence-corrected chi connectivity index (χ1v) is 11.5. The van der Waals surface area contributed by atoms with Crippen LogP contribution in [0.1, 0.15) is 36.0 Å². The van der Waals surface area contributed by atoms with E-state index in [4.69, 9.17) is 0 Å². The highest BCUT2D eigenvalue weighted by Gasteiger charge is 2.03. The zero-order valence-electron chi connectivity index (χ0n) is 20.6. The molecule has 0 fully saturated rings. The van der Waals surface area contributed by atoms with E-state index in [0.29, 0.717) is 0 Å². The van der Waals surface area contributed by atoms with Crippen molar-refractivity contribution in [2.75, 3.05) is 81.6 Å². The maximum absolute atomic E-state index is 3.61. The summed E-state index contributed by atoms with van der Waals surface area (Å²) >= 11 is 0. The summed E-state index contributed by atoms with van der Waals surface area (Å²) in [5.74, 6) is 0. The largest absolute Gasteiger partial charge is 0.313 e. The molecule has 1 aromatic carbocycles. The van der Waals surface area contributed by atoms with Gasteiger partial charge in [0.05, 0.1) is 0 Å². The molecule has 0 saturated heterocycles. The highest BCUT2D eigenvalue weighted by Crippen LogP contribution is 2.11. The third-order valence-corrected chi connectivity index (χ3v) is 4.98. The summed E-state index contributed by atoms with van der Waals surface area (Å²) in [4.78, 5) is 6.72. The molecule has 0 saturated carbocycles. The molecule has 0 aromatic heterocycles. The van der Waals surface area contributed by atoms with Gasteiger partial charge in [0.2, 0.25) is 0 Å². The molecule has 0 heterocycles. The van der Waals surface area contributed by atoms with Crippen LogP contribution in [0.3, 0.4) is 0 Å². The van der Waals surface area contributed by atoms with Gasteiger partial charge in [0.1, 0.15) is 0 Å². The normalized spacial score (nSPS) is 11.9. The fourth-order valence-corrected chi connectivity index (χ4v) is 3.40. The summed E-state index contributed by atoms with van der Waals surface area (Å²) in [6.07, 6.45) is 3.54. The number of nitrogens with zero attached hydrogens (tertiary/aromatic N) is 3. The van der Waals surface area contributed by atoms with Crippen LogP contribution in [-0.4, -0.2) is 96.3 Å². The van der Waals surface area contributed by atoms with Crippen molar-refractivity contribution < 1.29 is 0 Å². The minimum atomic E-state index is 0.940. The molecule has 6 heteroatoms. The molecule has 0 aliphatic rings. The Kier molecular flexibility index (Phi) is 15.0. The number of rotatable bonds is 18. The molecule has 3 N–H and O–H groups in total. The standard InChI is InChI=1S/C24H48N6/c1-28(2)13-7-10-25-19-22-16-23(20-26-11-8-14-29(3)4)18-24(17-22)21-27-12-9-15-30(5)6/h16-18,25-27H,7-15,19-21H2,1-6H3. The predicted molar refractivity (Wildman–Crippen MR) is 131 cm³/mol. The Balaban J connectivity index is 2.53. The average molecular weight is 421 g/mol. The second-order valence-electron chi connectivity index (χ2n) is 9.16. The van der Waals surface area contributed by atoms with E-state index in [1.165, 1.54) is 36.0 Å². The third kappa shape index (κ3) is 14.9. The first-order valence-electron chi connectivity index (χ1n) is 11.5. The van der Waals surface area contributed by atoms with Crippen LogP contribution in [0.2, 0.25) is 0 Å². The molecule has 0 aliphatic heterocycles. The monoisotopic (exact) mass is 420 g/mol.